The standard InChI is InChI=1S/C29H32F4N2O/c1-21-20-34(17-18-36-29-13-12-26(32)19-28(29)33)15-16-35(21)14-2-3-27(22-4-8-24(30)9-5-22)23-6-10-25(31)11-7-23/h4-13,19,21,27H,2-3,14-18,20H2,1H3/t21-/m0/s1. The molecule has 0 N–H and O–H groups in total. The second-order valence-electron chi connectivity index (χ2n) is 9.41. The summed E-state index contributed by atoms with van der Waals surface area (Å²) in [7, 11) is 0. The van der Waals surface area contributed by atoms with Crippen molar-refractivity contribution in [3.63, 3.8) is 0 Å². The third-order valence-corrected chi connectivity index (χ3v) is 6.89. The Labute approximate surface area is 210 Å². The first-order chi connectivity index (χ1) is 17.4. The van der Waals surface area contributed by atoms with E-state index >= 15 is 0 Å². The Morgan fingerprint density at radius 2 is 1.42 bits per heavy atom. The summed E-state index contributed by atoms with van der Waals surface area (Å²) in [4.78, 5) is 4.76. The van der Waals surface area contributed by atoms with E-state index in [9.17, 15) is 17.6 Å². The topological polar surface area (TPSA) is 15.7 Å². The molecule has 1 aliphatic heterocycles. The molecule has 0 saturated carbocycles. The van der Waals surface area contributed by atoms with Gasteiger partial charge in [-0.25, -0.2) is 17.6 Å². The van der Waals surface area contributed by atoms with Crippen molar-refractivity contribution >= 4 is 0 Å². The zero-order valence-corrected chi connectivity index (χ0v) is 20.5. The molecule has 3 aromatic rings. The molecule has 7 heteroatoms. The first-order valence-corrected chi connectivity index (χ1v) is 12.4. The van der Waals surface area contributed by atoms with Crippen molar-refractivity contribution in [2.75, 3.05) is 39.3 Å². The Balaban J connectivity index is 1.26. The molecule has 0 amide bonds. The molecule has 0 unspecified atom stereocenters. The molecule has 4 rings (SSSR count). The van der Waals surface area contributed by atoms with Gasteiger partial charge in [0.25, 0.3) is 0 Å². The summed E-state index contributed by atoms with van der Waals surface area (Å²) in [6.07, 6.45) is 1.83. The Morgan fingerprint density at radius 3 is 2.00 bits per heavy atom. The van der Waals surface area contributed by atoms with Crippen LogP contribution in [0.25, 0.3) is 0 Å². The van der Waals surface area contributed by atoms with Crippen LogP contribution in [0.3, 0.4) is 0 Å². The number of hydrogen-bond donors (Lipinski definition) is 0. The molecule has 0 aliphatic carbocycles. The Morgan fingerprint density at radius 1 is 0.806 bits per heavy atom. The summed E-state index contributed by atoms with van der Waals surface area (Å²) in [6.45, 7) is 6.84. The molecule has 1 atom stereocenters. The van der Waals surface area contributed by atoms with Crippen molar-refractivity contribution in [2.45, 2.75) is 31.7 Å². The average molecular weight is 501 g/mol. The molecule has 36 heavy (non-hydrogen) atoms. The molecule has 1 fully saturated rings. The largest absolute Gasteiger partial charge is 0.489 e. The third-order valence-electron chi connectivity index (χ3n) is 6.89. The van der Waals surface area contributed by atoms with Gasteiger partial charge in [-0.15, -0.1) is 0 Å². The molecular formula is C29H32F4N2O. The SMILES string of the molecule is C[C@H]1CN(CCOc2ccc(F)cc2F)CCN1CCCC(c1ccc(F)cc1)c1ccc(F)cc1. The summed E-state index contributed by atoms with van der Waals surface area (Å²) in [5.41, 5.74) is 2.05. The lowest BCUT2D eigenvalue weighted by Gasteiger charge is -2.40. The minimum Gasteiger partial charge on any atom is -0.489 e. The maximum absolute atomic E-state index is 13.7. The van der Waals surface area contributed by atoms with Crippen LogP contribution in [0.2, 0.25) is 0 Å². The Bertz CT molecular complexity index is 1060. The van der Waals surface area contributed by atoms with Crippen LogP contribution in [0, 0.1) is 23.3 Å². The van der Waals surface area contributed by atoms with E-state index in [0.717, 1.165) is 56.2 Å². The van der Waals surface area contributed by atoms with E-state index in [1.165, 1.54) is 36.4 Å². The summed E-state index contributed by atoms with van der Waals surface area (Å²) in [6, 6.07) is 16.8. The summed E-state index contributed by atoms with van der Waals surface area (Å²) in [5.74, 6) is -1.70. The summed E-state index contributed by atoms with van der Waals surface area (Å²) >= 11 is 0. The number of nitrogens with zero attached hydrogens (tertiary/aromatic N) is 2. The molecule has 1 saturated heterocycles. The molecular weight excluding hydrogens is 468 g/mol. The molecule has 0 radical (unpaired) electrons. The van der Waals surface area contributed by atoms with Crippen molar-refractivity contribution < 1.29 is 22.3 Å². The molecule has 0 spiro atoms. The van der Waals surface area contributed by atoms with Crippen LogP contribution in [0.1, 0.15) is 36.8 Å². The van der Waals surface area contributed by atoms with Gasteiger partial charge in [-0.2, -0.15) is 0 Å². The van der Waals surface area contributed by atoms with E-state index in [2.05, 4.69) is 16.7 Å². The van der Waals surface area contributed by atoms with E-state index in [4.69, 9.17) is 4.74 Å². The second-order valence-corrected chi connectivity index (χ2v) is 9.41. The number of piperazine rings is 1. The van der Waals surface area contributed by atoms with E-state index in [-0.39, 0.29) is 23.3 Å². The molecule has 0 aromatic heterocycles. The van der Waals surface area contributed by atoms with Crippen LogP contribution in [0.4, 0.5) is 17.6 Å². The van der Waals surface area contributed by atoms with Crippen LogP contribution < -0.4 is 4.74 Å². The van der Waals surface area contributed by atoms with Crippen LogP contribution in [0.15, 0.2) is 66.7 Å². The van der Waals surface area contributed by atoms with Gasteiger partial charge in [-0.1, -0.05) is 24.3 Å². The van der Waals surface area contributed by atoms with Gasteiger partial charge in [-0.3, -0.25) is 9.80 Å². The Kier molecular flexibility index (Phi) is 8.99. The number of rotatable bonds is 10. The molecule has 3 nitrogen and oxygen atoms in total. The third kappa shape index (κ3) is 7.08. The lowest BCUT2D eigenvalue weighted by Crippen LogP contribution is -2.52. The van der Waals surface area contributed by atoms with Gasteiger partial charge in [0.1, 0.15) is 24.1 Å². The fraction of sp³-hybridized carbons (Fsp3) is 0.379. The van der Waals surface area contributed by atoms with Crippen molar-refractivity contribution in [2.24, 2.45) is 0 Å². The van der Waals surface area contributed by atoms with Gasteiger partial charge in [0.05, 0.1) is 0 Å². The van der Waals surface area contributed by atoms with Gasteiger partial charge < -0.3 is 4.74 Å². The van der Waals surface area contributed by atoms with Crippen molar-refractivity contribution in [3.05, 3.63) is 101 Å². The highest BCUT2D eigenvalue weighted by Gasteiger charge is 2.24. The monoisotopic (exact) mass is 500 g/mol. The number of ether oxygens (including phenoxy) is 1. The zero-order valence-electron chi connectivity index (χ0n) is 20.5. The normalized spacial score (nSPS) is 17.0. The molecule has 0 bridgehead atoms. The summed E-state index contributed by atoms with van der Waals surface area (Å²) in [5, 5.41) is 0. The number of hydrogen-bond acceptors (Lipinski definition) is 3. The highest BCUT2D eigenvalue weighted by atomic mass is 19.1. The minimum absolute atomic E-state index is 0.0694. The quantitative estimate of drug-likeness (QED) is 0.307. The van der Waals surface area contributed by atoms with Gasteiger partial charge >= 0.3 is 0 Å². The fourth-order valence-electron chi connectivity index (χ4n) is 4.90. The van der Waals surface area contributed by atoms with Gasteiger partial charge in [0.15, 0.2) is 11.6 Å². The number of halogens is 4. The van der Waals surface area contributed by atoms with Gasteiger partial charge in [0.2, 0.25) is 0 Å². The molecule has 1 aliphatic rings. The van der Waals surface area contributed by atoms with Crippen LogP contribution in [-0.4, -0.2) is 55.2 Å². The van der Waals surface area contributed by atoms with E-state index in [0.29, 0.717) is 19.2 Å². The maximum atomic E-state index is 13.7. The highest BCUT2D eigenvalue weighted by molar-refractivity contribution is 5.32. The van der Waals surface area contributed by atoms with Crippen molar-refractivity contribution in [3.8, 4) is 5.75 Å². The molecule has 192 valence electrons. The summed E-state index contributed by atoms with van der Waals surface area (Å²) < 4.78 is 59.2. The van der Waals surface area contributed by atoms with Gasteiger partial charge in [0, 0.05) is 44.2 Å². The fourth-order valence-corrected chi connectivity index (χ4v) is 4.90. The Hall–Kier alpha value is -2.90. The van der Waals surface area contributed by atoms with Crippen molar-refractivity contribution in [1.29, 1.82) is 0 Å². The first kappa shape index (κ1) is 26.2. The predicted octanol–water partition coefficient (Wildman–Crippen LogP) is 6.24. The smallest absolute Gasteiger partial charge is 0.167 e. The lowest BCUT2D eigenvalue weighted by molar-refractivity contribution is 0.0723. The van der Waals surface area contributed by atoms with Crippen molar-refractivity contribution in [1.82, 2.24) is 9.80 Å². The maximum Gasteiger partial charge on any atom is 0.167 e. The number of benzene rings is 3. The molecule has 1 heterocycles. The predicted molar refractivity (Wildman–Crippen MR) is 133 cm³/mol. The van der Waals surface area contributed by atoms with Crippen LogP contribution in [-0.2, 0) is 0 Å². The zero-order chi connectivity index (χ0) is 25.5. The van der Waals surface area contributed by atoms with E-state index in [1.54, 1.807) is 0 Å². The highest BCUT2D eigenvalue weighted by Crippen LogP contribution is 2.30. The van der Waals surface area contributed by atoms with Crippen LogP contribution >= 0.6 is 0 Å². The average Bonchev–Trinajstić information content (AvgIpc) is 2.86. The van der Waals surface area contributed by atoms with Crippen LogP contribution in [0.5, 0.6) is 5.75 Å². The minimum atomic E-state index is -0.687. The second kappa shape index (κ2) is 12.4. The molecule has 3 aromatic carbocycles. The lowest BCUT2D eigenvalue weighted by atomic mass is 9.87. The van der Waals surface area contributed by atoms with Gasteiger partial charge in [-0.05, 0) is 73.8 Å². The van der Waals surface area contributed by atoms with E-state index in [1.807, 2.05) is 24.3 Å². The first-order valence-electron chi connectivity index (χ1n) is 12.4. The van der Waals surface area contributed by atoms with E-state index < -0.39 is 11.6 Å².